The molecule has 1 aliphatic rings. The van der Waals surface area contributed by atoms with Crippen molar-refractivity contribution in [1.82, 2.24) is 10.2 Å². The normalized spacial score (nSPS) is 16.6. The fraction of sp³-hybridized carbons (Fsp3) is 0.423. The highest BCUT2D eigenvalue weighted by Gasteiger charge is 2.24. The number of carbonyl (C=O) groups excluding carboxylic acids is 2. The highest BCUT2D eigenvalue weighted by Crippen LogP contribution is 2.22. The summed E-state index contributed by atoms with van der Waals surface area (Å²) in [5.41, 5.74) is 0.943. The summed E-state index contributed by atoms with van der Waals surface area (Å²) in [7, 11) is -2.09. The van der Waals surface area contributed by atoms with Crippen molar-refractivity contribution < 1.29 is 18.0 Å². The van der Waals surface area contributed by atoms with Gasteiger partial charge in [-0.25, -0.2) is 0 Å². The number of nitrogens with one attached hydrogen (secondary N) is 2. The number of likely N-dealkylation sites (tertiary alicyclic amines) is 1. The van der Waals surface area contributed by atoms with Crippen LogP contribution in [-0.2, 0) is 19.6 Å². The quantitative estimate of drug-likeness (QED) is 0.569. The molecule has 2 N–H and O–H groups in total. The molecule has 2 aromatic rings. The fourth-order valence-electron chi connectivity index (χ4n) is 3.92. The molecule has 1 atom stereocenters. The summed E-state index contributed by atoms with van der Waals surface area (Å²) in [5.74, 6) is 0.000731. The number of rotatable bonds is 8. The standard InChI is InChI=1S/C26H34N4O4S/c1-19(2)17-24(31)28-25(20-11-6-4-7-12-20)26(32)27-21-13-10-14-22(18-21)35(33,34)29-23-15-8-5-9-16-30(23)3/h4,6-7,10-14,18-19,25H,5,8-9,15-17H2,1-3H3,(H,27,32)(H,28,31)/b29-23-. The van der Waals surface area contributed by atoms with E-state index in [1.807, 2.05) is 31.9 Å². The summed E-state index contributed by atoms with van der Waals surface area (Å²) in [6.07, 6.45) is 3.85. The lowest BCUT2D eigenvalue weighted by molar-refractivity contribution is -0.127. The Morgan fingerprint density at radius 1 is 1.03 bits per heavy atom. The first-order valence-corrected chi connectivity index (χ1v) is 13.4. The maximum atomic E-state index is 13.2. The highest BCUT2D eigenvalue weighted by atomic mass is 32.2. The molecule has 0 aliphatic carbocycles. The molecular weight excluding hydrogens is 464 g/mol. The monoisotopic (exact) mass is 498 g/mol. The van der Waals surface area contributed by atoms with Crippen molar-refractivity contribution in [1.29, 1.82) is 0 Å². The summed E-state index contributed by atoms with van der Waals surface area (Å²) in [5, 5.41) is 5.55. The molecule has 0 bridgehead atoms. The van der Waals surface area contributed by atoms with Gasteiger partial charge < -0.3 is 15.5 Å². The lowest BCUT2D eigenvalue weighted by Gasteiger charge is -2.20. The maximum Gasteiger partial charge on any atom is 0.284 e. The van der Waals surface area contributed by atoms with Crippen LogP contribution in [-0.4, -0.2) is 44.6 Å². The minimum absolute atomic E-state index is 0.000511. The van der Waals surface area contributed by atoms with Crippen LogP contribution < -0.4 is 10.6 Å². The molecule has 0 radical (unpaired) electrons. The Morgan fingerprint density at radius 2 is 1.77 bits per heavy atom. The number of nitrogens with zero attached hydrogens (tertiary/aromatic N) is 2. The number of anilines is 1. The molecule has 2 amide bonds. The predicted molar refractivity (Wildman–Crippen MR) is 138 cm³/mol. The average molecular weight is 499 g/mol. The van der Waals surface area contributed by atoms with Gasteiger partial charge >= 0.3 is 0 Å². The second-order valence-corrected chi connectivity index (χ2v) is 10.8. The second-order valence-electron chi connectivity index (χ2n) is 9.24. The van der Waals surface area contributed by atoms with E-state index in [4.69, 9.17) is 0 Å². The van der Waals surface area contributed by atoms with E-state index in [2.05, 4.69) is 15.0 Å². The third kappa shape index (κ3) is 7.65. The smallest absolute Gasteiger partial charge is 0.284 e. The average Bonchev–Trinajstić information content (AvgIpc) is 3.01. The lowest BCUT2D eigenvalue weighted by atomic mass is 10.0. The van der Waals surface area contributed by atoms with E-state index in [9.17, 15) is 18.0 Å². The Kier molecular flexibility index (Phi) is 9.03. The first-order valence-electron chi connectivity index (χ1n) is 12.0. The van der Waals surface area contributed by atoms with Crippen LogP contribution in [0.2, 0.25) is 0 Å². The third-order valence-electron chi connectivity index (χ3n) is 5.75. The van der Waals surface area contributed by atoms with Crippen molar-refractivity contribution >= 4 is 33.4 Å². The molecule has 1 heterocycles. The number of benzene rings is 2. The van der Waals surface area contributed by atoms with Crippen molar-refractivity contribution in [3.8, 4) is 0 Å². The molecule has 8 nitrogen and oxygen atoms in total. The first-order chi connectivity index (χ1) is 16.7. The fourth-order valence-corrected chi connectivity index (χ4v) is 5.06. The van der Waals surface area contributed by atoms with Gasteiger partial charge in [-0.2, -0.15) is 8.42 Å². The van der Waals surface area contributed by atoms with Crippen LogP contribution in [0.1, 0.15) is 57.6 Å². The van der Waals surface area contributed by atoms with E-state index in [-0.39, 0.29) is 16.7 Å². The summed E-state index contributed by atoms with van der Waals surface area (Å²) in [4.78, 5) is 27.5. The topological polar surface area (TPSA) is 108 Å². The largest absolute Gasteiger partial charge is 0.362 e. The van der Waals surface area contributed by atoms with Crippen molar-refractivity contribution in [2.75, 3.05) is 18.9 Å². The summed E-state index contributed by atoms with van der Waals surface area (Å²) in [6.45, 7) is 4.63. The molecule has 1 aliphatic heterocycles. The van der Waals surface area contributed by atoms with Crippen LogP contribution in [0.4, 0.5) is 5.69 Å². The van der Waals surface area contributed by atoms with Crippen molar-refractivity contribution in [2.45, 2.75) is 56.9 Å². The van der Waals surface area contributed by atoms with Crippen molar-refractivity contribution in [3.05, 3.63) is 60.2 Å². The van der Waals surface area contributed by atoms with Gasteiger partial charge in [-0.15, -0.1) is 4.40 Å². The van der Waals surface area contributed by atoms with Gasteiger partial charge in [-0.1, -0.05) is 56.7 Å². The Labute approximate surface area is 207 Å². The maximum absolute atomic E-state index is 13.2. The third-order valence-corrected chi connectivity index (χ3v) is 7.05. The summed E-state index contributed by atoms with van der Waals surface area (Å²) in [6, 6.07) is 14.1. The van der Waals surface area contributed by atoms with E-state index < -0.39 is 22.0 Å². The molecule has 0 saturated carbocycles. The number of hydrogen-bond acceptors (Lipinski definition) is 4. The van der Waals surface area contributed by atoms with Gasteiger partial charge in [-0.05, 0) is 42.5 Å². The SMILES string of the molecule is CC(C)CC(=O)NC(C(=O)Nc1cccc(S(=O)(=O)/N=C2/CCCCCN2C)c1)c1ccccc1. The van der Waals surface area contributed by atoms with Crippen molar-refractivity contribution in [3.63, 3.8) is 0 Å². The summed E-state index contributed by atoms with van der Waals surface area (Å²) >= 11 is 0. The number of amidine groups is 1. The molecule has 188 valence electrons. The van der Waals surface area contributed by atoms with E-state index in [1.54, 1.807) is 36.4 Å². The number of sulfonamides is 1. The zero-order valence-electron chi connectivity index (χ0n) is 20.5. The van der Waals surface area contributed by atoms with Gasteiger partial charge in [0.15, 0.2) is 0 Å². The van der Waals surface area contributed by atoms with E-state index in [0.29, 0.717) is 29.9 Å². The van der Waals surface area contributed by atoms with Gasteiger partial charge in [0.25, 0.3) is 15.9 Å². The zero-order chi connectivity index (χ0) is 25.4. The van der Waals surface area contributed by atoms with Crippen LogP contribution >= 0.6 is 0 Å². The molecular formula is C26H34N4O4S. The van der Waals surface area contributed by atoms with Crippen LogP contribution in [0.15, 0.2) is 63.9 Å². The second kappa shape index (κ2) is 12.0. The molecule has 9 heteroatoms. The van der Waals surface area contributed by atoms with Gasteiger partial charge in [0.1, 0.15) is 11.9 Å². The molecule has 35 heavy (non-hydrogen) atoms. The number of carbonyl (C=O) groups is 2. The predicted octanol–water partition coefficient (Wildman–Crippen LogP) is 4.12. The van der Waals surface area contributed by atoms with Gasteiger partial charge in [-0.3, -0.25) is 9.59 Å². The molecule has 0 spiro atoms. The Balaban J connectivity index is 1.82. The molecule has 1 unspecified atom stereocenters. The van der Waals surface area contributed by atoms with E-state index in [1.165, 1.54) is 12.1 Å². The summed E-state index contributed by atoms with van der Waals surface area (Å²) < 4.78 is 30.1. The molecule has 3 rings (SSSR count). The zero-order valence-corrected chi connectivity index (χ0v) is 21.3. The minimum atomic E-state index is -3.95. The Morgan fingerprint density at radius 3 is 2.49 bits per heavy atom. The Hall–Kier alpha value is -3.20. The minimum Gasteiger partial charge on any atom is -0.362 e. The number of hydrogen-bond donors (Lipinski definition) is 2. The molecule has 1 saturated heterocycles. The lowest BCUT2D eigenvalue weighted by Crippen LogP contribution is -2.37. The molecule has 0 aromatic heterocycles. The molecule has 2 aromatic carbocycles. The van der Waals surface area contributed by atoms with Gasteiger partial charge in [0.05, 0.1) is 4.90 Å². The molecule has 1 fully saturated rings. The van der Waals surface area contributed by atoms with Gasteiger partial charge in [0.2, 0.25) is 5.91 Å². The first kappa shape index (κ1) is 26.4. The van der Waals surface area contributed by atoms with Crippen LogP contribution in [0.3, 0.4) is 0 Å². The van der Waals surface area contributed by atoms with Crippen LogP contribution in [0.5, 0.6) is 0 Å². The Bertz CT molecular complexity index is 1160. The number of amides is 2. The van der Waals surface area contributed by atoms with E-state index >= 15 is 0 Å². The van der Waals surface area contributed by atoms with E-state index in [0.717, 1.165) is 25.8 Å². The van der Waals surface area contributed by atoms with Crippen molar-refractivity contribution in [2.24, 2.45) is 10.3 Å². The van der Waals surface area contributed by atoms with Crippen LogP contribution in [0.25, 0.3) is 0 Å². The highest BCUT2D eigenvalue weighted by molar-refractivity contribution is 7.90. The van der Waals surface area contributed by atoms with Crippen LogP contribution in [0, 0.1) is 5.92 Å². The van der Waals surface area contributed by atoms with Gasteiger partial charge in [0, 0.05) is 32.1 Å².